The Bertz CT molecular complexity index is 780. The minimum absolute atomic E-state index is 0.0652. The van der Waals surface area contributed by atoms with Crippen molar-refractivity contribution in [3.63, 3.8) is 0 Å². The van der Waals surface area contributed by atoms with E-state index in [1.807, 2.05) is 47.0 Å². The number of fused-ring (bicyclic) bond motifs is 1. The molecule has 0 amide bonds. The summed E-state index contributed by atoms with van der Waals surface area (Å²) in [5, 5.41) is 3.15. The summed E-state index contributed by atoms with van der Waals surface area (Å²) >= 11 is 0. The van der Waals surface area contributed by atoms with Gasteiger partial charge in [-0.3, -0.25) is 10.1 Å². The van der Waals surface area contributed by atoms with Crippen molar-refractivity contribution in [1.82, 2.24) is 9.55 Å². The molecule has 94 valence electrons. The van der Waals surface area contributed by atoms with Gasteiger partial charge in [0.15, 0.2) is 5.82 Å². The monoisotopic (exact) mass is 253 g/mol. The molecular weight excluding hydrogens is 240 g/mol. The Hall–Kier alpha value is -2.69. The second-order valence-corrected chi connectivity index (χ2v) is 4.20. The number of rotatable bonds is 2. The Morgan fingerprint density at radius 3 is 2.84 bits per heavy atom. The highest BCUT2D eigenvalue weighted by molar-refractivity contribution is 5.49. The zero-order chi connectivity index (χ0) is 13.2. The standard InChI is InChI=1S/C14H12N4O/c1-17-13-7-3-5-9-18(13)12(10-14(17)19)16-11-6-2-4-8-15-11/h2-10H,1H3/p+1. The molecule has 3 heterocycles. The minimum Gasteiger partial charge on any atom is -0.257 e. The fourth-order valence-electron chi connectivity index (χ4n) is 1.97. The lowest BCUT2D eigenvalue weighted by Gasteiger charge is -2.05. The predicted molar refractivity (Wildman–Crippen MR) is 72.4 cm³/mol. The molecular formula is C14H13N4O+. The summed E-state index contributed by atoms with van der Waals surface area (Å²) in [6, 6.07) is 12.9. The maximum atomic E-state index is 11.9. The number of aryl methyl sites for hydroxylation is 1. The zero-order valence-electron chi connectivity index (χ0n) is 10.4. The van der Waals surface area contributed by atoms with Gasteiger partial charge in [0.1, 0.15) is 0 Å². The Morgan fingerprint density at radius 2 is 2.05 bits per heavy atom. The third-order valence-electron chi connectivity index (χ3n) is 2.95. The number of anilines is 2. The van der Waals surface area contributed by atoms with Gasteiger partial charge in [0, 0.05) is 12.3 Å². The number of hydrogen-bond acceptors (Lipinski definition) is 3. The van der Waals surface area contributed by atoms with Crippen LogP contribution < -0.4 is 15.3 Å². The molecule has 0 atom stereocenters. The molecule has 0 spiro atoms. The average Bonchev–Trinajstić information content (AvgIpc) is 2.46. The quantitative estimate of drug-likeness (QED) is 0.700. The Morgan fingerprint density at radius 1 is 1.21 bits per heavy atom. The van der Waals surface area contributed by atoms with Crippen LogP contribution in [0.15, 0.2) is 59.7 Å². The number of nitrogens with one attached hydrogen (secondary N) is 1. The van der Waals surface area contributed by atoms with Crippen LogP contribution in [0.5, 0.6) is 0 Å². The first-order valence-corrected chi connectivity index (χ1v) is 5.94. The average molecular weight is 253 g/mol. The smallest absolute Gasteiger partial charge is 0.257 e. The molecule has 3 aromatic heterocycles. The van der Waals surface area contributed by atoms with Crippen LogP contribution in [0.25, 0.3) is 5.65 Å². The van der Waals surface area contributed by atoms with Gasteiger partial charge in [-0.25, -0.2) is 14.0 Å². The van der Waals surface area contributed by atoms with Crippen LogP contribution in [-0.2, 0) is 7.05 Å². The van der Waals surface area contributed by atoms with Crippen LogP contribution in [0.2, 0.25) is 0 Å². The fraction of sp³-hybridized carbons (Fsp3) is 0.0714. The summed E-state index contributed by atoms with van der Waals surface area (Å²) in [5.41, 5.74) is 0.748. The number of nitrogens with zero attached hydrogens (tertiary/aromatic N) is 3. The maximum absolute atomic E-state index is 11.9. The molecule has 3 aromatic rings. The van der Waals surface area contributed by atoms with Gasteiger partial charge in [0.25, 0.3) is 0 Å². The maximum Gasteiger partial charge on any atom is 0.313 e. The van der Waals surface area contributed by atoms with E-state index in [0.717, 1.165) is 5.65 Å². The topological polar surface area (TPSA) is 51.0 Å². The van der Waals surface area contributed by atoms with E-state index >= 15 is 0 Å². The second kappa shape index (κ2) is 4.53. The van der Waals surface area contributed by atoms with E-state index in [4.69, 9.17) is 0 Å². The van der Waals surface area contributed by atoms with Gasteiger partial charge in [-0.2, -0.15) is 0 Å². The van der Waals surface area contributed by atoms with E-state index in [0.29, 0.717) is 11.6 Å². The number of hydrogen-bond donors (Lipinski definition) is 1. The van der Waals surface area contributed by atoms with E-state index < -0.39 is 0 Å². The van der Waals surface area contributed by atoms with Gasteiger partial charge in [-0.1, -0.05) is 12.1 Å². The van der Waals surface area contributed by atoms with Crippen molar-refractivity contribution in [2.24, 2.45) is 7.05 Å². The van der Waals surface area contributed by atoms with Crippen LogP contribution in [0.4, 0.5) is 11.6 Å². The van der Waals surface area contributed by atoms with Crippen LogP contribution in [0.1, 0.15) is 0 Å². The molecule has 0 aliphatic rings. The largest absolute Gasteiger partial charge is 0.313 e. The lowest BCUT2D eigenvalue weighted by atomic mass is 10.4. The summed E-state index contributed by atoms with van der Waals surface area (Å²) in [6.45, 7) is 0. The van der Waals surface area contributed by atoms with E-state index in [2.05, 4.69) is 10.3 Å². The SMILES string of the molecule is Cn1c(=O)cc(Nc2ccccn2)[n+]2ccccc12. The van der Waals surface area contributed by atoms with Crippen molar-refractivity contribution < 1.29 is 4.40 Å². The van der Waals surface area contributed by atoms with E-state index in [-0.39, 0.29) is 5.56 Å². The second-order valence-electron chi connectivity index (χ2n) is 4.20. The molecule has 0 saturated heterocycles. The highest BCUT2D eigenvalue weighted by Gasteiger charge is 2.12. The highest BCUT2D eigenvalue weighted by atomic mass is 16.1. The van der Waals surface area contributed by atoms with E-state index in [9.17, 15) is 4.79 Å². The van der Waals surface area contributed by atoms with E-state index in [1.165, 1.54) is 0 Å². The Labute approximate surface area is 109 Å². The molecule has 0 aliphatic heterocycles. The molecule has 0 saturated carbocycles. The first-order valence-electron chi connectivity index (χ1n) is 5.94. The van der Waals surface area contributed by atoms with Crippen molar-refractivity contribution in [3.05, 3.63) is 65.2 Å². The normalized spacial score (nSPS) is 10.6. The Balaban J connectivity index is 2.19. The molecule has 0 aliphatic carbocycles. The molecule has 0 unspecified atom stereocenters. The van der Waals surface area contributed by atoms with Crippen LogP contribution in [-0.4, -0.2) is 9.55 Å². The van der Waals surface area contributed by atoms with Gasteiger partial charge in [-0.05, 0) is 18.2 Å². The van der Waals surface area contributed by atoms with Gasteiger partial charge in [-0.15, -0.1) is 0 Å². The number of pyridine rings is 2. The lowest BCUT2D eigenvalue weighted by Crippen LogP contribution is -2.34. The first kappa shape index (κ1) is 11.4. The van der Waals surface area contributed by atoms with Crippen LogP contribution in [0, 0.1) is 0 Å². The van der Waals surface area contributed by atoms with Crippen molar-refractivity contribution in [2.45, 2.75) is 0 Å². The van der Waals surface area contributed by atoms with Crippen molar-refractivity contribution in [3.8, 4) is 0 Å². The predicted octanol–water partition coefficient (Wildman–Crippen LogP) is 1.26. The molecule has 0 fully saturated rings. The molecule has 3 rings (SSSR count). The highest BCUT2D eigenvalue weighted by Crippen LogP contribution is 2.08. The van der Waals surface area contributed by atoms with Crippen molar-refractivity contribution in [1.29, 1.82) is 0 Å². The third kappa shape index (κ3) is 2.06. The molecule has 0 bridgehead atoms. The fourth-order valence-corrected chi connectivity index (χ4v) is 1.97. The van der Waals surface area contributed by atoms with Gasteiger partial charge >= 0.3 is 5.56 Å². The van der Waals surface area contributed by atoms with Gasteiger partial charge in [0.2, 0.25) is 11.5 Å². The molecule has 0 aromatic carbocycles. The molecule has 19 heavy (non-hydrogen) atoms. The van der Waals surface area contributed by atoms with Crippen LogP contribution >= 0.6 is 0 Å². The molecule has 0 radical (unpaired) electrons. The summed E-state index contributed by atoms with van der Waals surface area (Å²) < 4.78 is 3.51. The number of aromatic nitrogens is 3. The lowest BCUT2D eigenvalue weighted by molar-refractivity contribution is -0.500. The summed E-state index contributed by atoms with van der Waals surface area (Å²) in [4.78, 5) is 16.1. The Kier molecular flexibility index (Phi) is 2.72. The minimum atomic E-state index is -0.0652. The summed E-state index contributed by atoms with van der Waals surface area (Å²) in [5.74, 6) is 1.39. The summed E-state index contributed by atoms with van der Waals surface area (Å²) in [7, 11) is 1.75. The van der Waals surface area contributed by atoms with Crippen LogP contribution in [0.3, 0.4) is 0 Å². The van der Waals surface area contributed by atoms with Gasteiger partial charge < -0.3 is 0 Å². The zero-order valence-corrected chi connectivity index (χ0v) is 10.4. The van der Waals surface area contributed by atoms with Gasteiger partial charge in [0.05, 0.1) is 19.3 Å². The third-order valence-corrected chi connectivity index (χ3v) is 2.95. The van der Waals surface area contributed by atoms with E-state index in [1.54, 1.807) is 23.9 Å². The molecule has 1 N–H and O–H groups in total. The molecule has 5 heteroatoms. The summed E-state index contributed by atoms with van der Waals surface area (Å²) in [6.07, 6.45) is 3.61. The van der Waals surface area contributed by atoms with Crippen molar-refractivity contribution in [2.75, 3.05) is 5.32 Å². The van der Waals surface area contributed by atoms with Crippen molar-refractivity contribution >= 4 is 17.3 Å². The molecule has 5 nitrogen and oxygen atoms in total. The first-order chi connectivity index (χ1) is 9.25.